The van der Waals surface area contributed by atoms with Crippen LogP contribution in [0.2, 0.25) is 0 Å². The average molecular weight is 383 g/mol. The molecule has 1 heterocycles. The molecule has 1 N–H and O–H groups in total. The first-order valence-electron chi connectivity index (χ1n) is 6.62. The zero-order chi connectivity index (χ0) is 15.9. The van der Waals surface area contributed by atoms with Crippen LogP contribution in [0.15, 0.2) is 54.8 Å². The van der Waals surface area contributed by atoms with Gasteiger partial charge in [-0.1, -0.05) is 45.9 Å². The maximum Gasteiger partial charge on any atom is 0.331 e. The lowest BCUT2D eigenvalue weighted by atomic mass is 10.3. The minimum absolute atomic E-state index is 0.0877. The van der Waals surface area contributed by atoms with Gasteiger partial charge in [0.05, 0.1) is 10.6 Å². The van der Waals surface area contributed by atoms with Gasteiger partial charge in [-0.2, -0.15) is 0 Å². The molecule has 0 unspecified atom stereocenters. The number of benzene rings is 1. The van der Waals surface area contributed by atoms with Gasteiger partial charge in [0.15, 0.2) is 0 Å². The molecular formula is C15H15BrN2O3S. The van der Waals surface area contributed by atoms with Gasteiger partial charge in [0.1, 0.15) is 6.73 Å². The first-order valence-corrected chi connectivity index (χ1v) is 8.35. The van der Waals surface area contributed by atoms with Gasteiger partial charge in [0.2, 0.25) is 0 Å². The molecule has 0 amide bonds. The molecule has 1 aromatic heterocycles. The Bertz CT molecular complexity index is 769. The SMILES string of the molecule is CCOCn1c(Sc2ccccc2)c(C=CBr)c(=O)[nH]c1=O. The van der Waals surface area contributed by atoms with Crippen LogP contribution in [0.3, 0.4) is 0 Å². The highest BCUT2D eigenvalue weighted by atomic mass is 79.9. The van der Waals surface area contributed by atoms with E-state index < -0.39 is 11.2 Å². The van der Waals surface area contributed by atoms with E-state index in [1.54, 1.807) is 11.1 Å². The van der Waals surface area contributed by atoms with E-state index in [-0.39, 0.29) is 6.73 Å². The molecule has 0 saturated heterocycles. The highest BCUT2D eigenvalue weighted by Gasteiger charge is 2.14. The van der Waals surface area contributed by atoms with E-state index in [9.17, 15) is 9.59 Å². The monoisotopic (exact) mass is 382 g/mol. The van der Waals surface area contributed by atoms with Crippen LogP contribution in [0.4, 0.5) is 0 Å². The molecule has 0 saturated carbocycles. The van der Waals surface area contributed by atoms with Crippen LogP contribution in [-0.4, -0.2) is 16.2 Å². The van der Waals surface area contributed by atoms with Crippen LogP contribution >= 0.6 is 27.7 Å². The predicted octanol–water partition coefficient (Wildman–Crippen LogP) is 3.05. The van der Waals surface area contributed by atoms with Crippen molar-refractivity contribution in [3.05, 3.63) is 61.7 Å². The van der Waals surface area contributed by atoms with Crippen molar-refractivity contribution >= 4 is 33.8 Å². The largest absolute Gasteiger partial charge is 0.361 e. The van der Waals surface area contributed by atoms with E-state index in [1.807, 2.05) is 37.3 Å². The van der Waals surface area contributed by atoms with Crippen molar-refractivity contribution in [2.24, 2.45) is 0 Å². The van der Waals surface area contributed by atoms with Crippen LogP contribution in [0.1, 0.15) is 12.5 Å². The van der Waals surface area contributed by atoms with Gasteiger partial charge < -0.3 is 4.74 Å². The first-order chi connectivity index (χ1) is 10.7. The second-order valence-corrected chi connectivity index (χ2v) is 5.83. The fourth-order valence-electron chi connectivity index (χ4n) is 1.79. The molecule has 0 aliphatic heterocycles. The lowest BCUT2D eigenvalue weighted by molar-refractivity contribution is 0.0782. The third-order valence-electron chi connectivity index (χ3n) is 2.80. The third kappa shape index (κ3) is 4.00. The highest BCUT2D eigenvalue weighted by Crippen LogP contribution is 2.28. The minimum atomic E-state index is -0.483. The number of H-pyrrole nitrogens is 1. The number of hydrogen-bond acceptors (Lipinski definition) is 4. The van der Waals surface area contributed by atoms with Crippen LogP contribution in [0.25, 0.3) is 6.08 Å². The van der Waals surface area contributed by atoms with Crippen molar-refractivity contribution in [3.63, 3.8) is 0 Å². The Morgan fingerprint density at radius 3 is 2.68 bits per heavy atom. The van der Waals surface area contributed by atoms with Crippen LogP contribution in [-0.2, 0) is 11.5 Å². The van der Waals surface area contributed by atoms with Gasteiger partial charge in [-0.25, -0.2) is 4.79 Å². The molecule has 22 heavy (non-hydrogen) atoms. The molecular weight excluding hydrogens is 368 g/mol. The number of hydrogen-bond donors (Lipinski definition) is 1. The van der Waals surface area contributed by atoms with Gasteiger partial charge >= 0.3 is 5.69 Å². The number of aromatic nitrogens is 2. The molecule has 0 aliphatic carbocycles. The second kappa shape index (κ2) is 8.17. The smallest absolute Gasteiger partial charge is 0.331 e. The van der Waals surface area contributed by atoms with Crippen molar-refractivity contribution < 1.29 is 4.74 Å². The number of nitrogens with zero attached hydrogens (tertiary/aromatic N) is 1. The predicted molar refractivity (Wildman–Crippen MR) is 91.5 cm³/mol. The van der Waals surface area contributed by atoms with Gasteiger partial charge in [0, 0.05) is 11.5 Å². The average Bonchev–Trinajstić information content (AvgIpc) is 2.51. The molecule has 2 aromatic rings. The Morgan fingerprint density at radius 2 is 2.05 bits per heavy atom. The minimum Gasteiger partial charge on any atom is -0.361 e. The van der Waals surface area contributed by atoms with Crippen molar-refractivity contribution in [1.82, 2.24) is 9.55 Å². The summed E-state index contributed by atoms with van der Waals surface area (Å²) in [5.41, 5.74) is -0.500. The number of aromatic amines is 1. The molecule has 1 aromatic carbocycles. The standard InChI is InChI=1S/C15H15BrN2O3S/c1-2-21-10-18-14(22-11-6-4-3-5-7-11)12(8-9-16)13(19)17-15(18)20/h3-9H,2,10H2,1H3,(H,17,19,20). The van der Waals surface area contributed by atoms with Gasteiger partial charge in [-0.15, -0.1) is 0 Å². The van der Waals surface area contributed by atoms with Crippen molar-refractivity contribution in [3.8, 4) is 0 Å². The van der Waals surface area contributed by atoms with E-state index >= 15 is 0 Å². The summed E-state index contributed by atoms with van der Waals surface area (Å²) in [4.78, 5) is 29.0. The summed E-state index contributed by atoms with van der Waals surface area (Å²) in [5, 5.41) is 0.545. The summed E-state index contributed by atoms with van der Waals surface area (Å²) in [6.07, 6.45) is 1.62. The topological polar surface area (TPSA) is 64.1 Å². The molecule has 0 aliphatic rings. The van der Waals surface area contributed by atoms with Gasteiger partial charge in [-0.05, 0) is 30.1 Å². The summed E-state index contributed by atoms with van der Waals surface area (Å²) < 4.78 is 6.77. The third-order valence-corrected chi connectivity index (χ3v) is 4.20. The quantitative estimate of drug-likeness (QED) is 0.779. The van der Waals surface area contributed by atoms with E-state index in [4.69, 9.17) is 4.74 Å². The van der Waals surface area contributed by atoms with Gasteiger partial charge in [-0.3, -0.25) is 14.3 Å². The fourth-order valence-corrected chi connectivity index (χ4v) is 3.08. The number of rotatable bonds is 6. The van der Waals surface area contributed by atoms with E-state index in [2.05, 4.69) is 20.9 Å². The lowest BCUT2D eigenvalue weighted by Crippen LogP contribution is -2.33. The van der Waals surface area contributed by atoms with Crippen LogP contribution < -0.4 is 11.2 Å². The van der Waals surface area contributed by atoms with Crippen LogP contribution in [0.5, 0.6) is 0 Å². The fraction of sp³-hybridized carbons (Fsp3) is 0.200. The molecule has 7 heteroatoms. The van der Waals surface area contributed by atoms with E-state index in [0.29, 0.717) is 17.2 Å². The van der Waals surface area contributed by atoms with Crippen molar-refractivity contribution in [2.45, 2.75) is 23.6 Å². The maximum absolute atomic E-state index is 12.1. The van der Waals surface area contributed by atoms with E-state index in [0.717, 1.165) is 4.90 Å². The Labute approximate surface area is 140 Å². The molecule has 2 rings (SSSR count). The number of nitrogens with one attached hydrogen (secondary N) is 1. The molecule has 0 bridgehead atoms. The molecule has 5 nitrogen and oxygen atoms in total. The van der Waals surface area contributed by atoms with Gasteiger partial charge in [0.25, 0.3) is 5.56 Å². The van der Waals surface area contributed by atoms with Crippen molar-refractivity contribution in [2.75, 3.05) is 6.61 Å². The Balaban J connectivity index is 2.59. The molecule has 0 atom stereocenters. The highest BCUT2D eigenvalue weighted by molar-refractivity contribution is 9.11. The summed E-state index contributed by atoms with van der Waals surface area (Å²) in [6, 6.07) is 9.56. The Hall–Kier alpha value is -1.57. The summed E-state index contributed by atoms with van der Waals surface area (Å²) in [6.45, 7) is 2.41. The Morgan fingerprint density at radius 1 is 1.32 bits per heavy atom. The molecule has 0 fully saturated rings. The molecule has 116 valence electrons. The normalized spacial score (nSPS) is 11.2. The lowest BCUT2D eigenvalue weighted by Gasteiger charge is -2.14. The second-order valence-electron chi connectivity index (χ2n) is 4.24. The Kier molecular flexibility index (Phi) is 6.23. The number of halogens is 1. The zero-order valence-corrected chi connectivity index (χ0v) is 14.3. The molecule has 0 radical (unpaired) electrons. The zero-order valence-electron chi connectivity index (χ0n) is 11.9. The van der Waals surface area contributed by atoms with Crippen LogP contribution in [0, 0.1) is 0 Å². The van der Waals surface area contributed by atoms with E-state index in [1.165, 1.54) is 16.3 Å². The summed E-state index contributed by atoms with van der Waals surface area (Å²) >= 11 is 4.52. The maximum atomic E-state index is 12.1. The van der Waals surface area contributed by atoms with Crippen molar-refractivity contribution in [1.29, 1.82) is 0 Å². The number of ether oxygens (including phenoxy) is 1. The summed E-state index contributed by atoms with van der Waals surface area (Å²) in [5.74, 6) is 0. The summed E-state index contributed by atoms with van der Waals surface area (Å²) in [7, 11) is 0. The molecule has 0 spiro atoms. The first kappa shape index (κ1) is 16.8.